The largest absolute Gasteiger partial charge is 0.368 e. The molecule has 1 amide bonds. The van der Waals surface area contributed by atoms with Gasteiger partial charge in [-0.1, -0.05) is 6.07 Å². The van der Waals surface area contributed by atoms with Crippen molar-refractivity contribution in [1.29, 1.82) is 0 Å². The molecule has 8 nitrogen and oxygen atoms in total. The number of nitrogens with two attached hydrogens (primary N) is 1. The van der Waals surface area contributed by atoms with Crippen LogP contribution in [0.4, 0.5) is 11.8 Å². The maximum atomic E-state index is 12.3. The lowest BCUT2D eigenvalue weighted by Gasteiger charge is -2.33. The lowest BCUT2D eigenvalue weighted by atomic mass is 10.2. The standard InChI is InChI=1S/C15H19N7O/c16-15-19-6-4-13(21-15)22-8-7-18-12(10-22)14(23)20-9-11-3-1-2-5-17-11/h1-6,12,18H,7-10H2,(H,20,23)(H2,16,19,21)/t12-/m1/s1. The highest BCUT2D eigenvalue weighted by molar-refractivity contribution is 5.82. The van der Waals surface area contributed by atoms with E-state index in [4.69, 9.17) is 5.73 Å². The van der Waals surface area contributed by atoms with E-state index in [0.717, 1.165) is 18.1 Å². The van der Waals surface area contributed by atoms with E-state index in [1.54, 1.807) is 18.5 Å². The van der Waals surface area contributed by atoms with Crippen LogP contribution in [0.15, 0.2) is 36.7 Å². The lowest BCUT2D eigenvalue weighted by Crippen LogP contribution is -2.57. The van der Waals surface area contributed by atoms with E-state index in [1.165, 1.54) is 0 Å². The number of anilines is 2. The average molecular weight is 313 g/mol. The fourth-order valence-electron chi connectivity index (χ4n) is 2.48. The monoisotopic (exact) mass is 313 g/mol. The van der Waals surface area contributed by atoms with Gasteiger partial charge in [0.2, 0.25) is 11.9 Å². The molecule has 3 heterocycles. The Kier molecular flexibility index (Phi) is 4.62. The molecule has 1 atom stereocenters. The number of hydrogen-bond donors (Lipinski definition) is 3. The number of nitrogens with one attached hydrogen (secondary N) is 2. The van der Waals surface area contributed by atoms with Gasteiger partial charge in [-0.2, -0.15) is 4.98 Å². The molecule has 0 spiro atoms. The van der Waals surface area contributed by atoms with Gasteiger partial charge >= 0.3 is 0 Å². The molecule has 0 unspecified atom stereocenters. The topological polar surface area (TPSA) is 109 Å². The quantitative estimate of drug-likeness (QED) is 0.701. The second-order valence-corrected chi connectivity index (χ2v) is 5.26. The fraction of sp³-hybridized carbons (Fsp3) is 0.333. The van der Waals surface area contributed by atoms with E-state index in [2.05, 4.69) is 25.6 Å². The van der Waals surface area contributed by atoms with E-state index in [9.17, 15) is 4.79 Å². The van der Waals surface area contributed by atoms with Crippen LogP contribution in [-0.2, 0) is 11.3 Å². The van der Waals surface area contributed by atoms with Crippen molar-refractivity contribution >= 4 is 17.7 Å². The minimum absolute atomic E-state index is 0.0534. The molecule has 2 aromatic rings. The molecule has 4 N–H and O–H groups in total. The molecule has 1 saturated heterocycles. The maximum Gasteiger partial charge on any atom is 0.239 e. The van der Waals surface area contributed by atoms with Gasteiger partial charge in [0.1, 0.15) is 11.9 Å². The van der Waals surface area contributed by atoms with E-state index in [1.807, 2.05) is 23.1 Å². The fourth-order valence-corrected chi connectivity index (χ4v) is 2.48. The van der Waals surface area contributed by atoms with Gasteiger partial charge < -0.3 is 21.3 Å². The molecular formula is C15H19N7O. The zero-order chi connectivity index (χ0) is 16.1. The van der Waals surface area contributed by atoms with Crippen molar-refractivity contribution in [2.45, 2.75) is 12.6 Å². The molecular weight excluding hydrogens is 294 g/mol. The van der Waals surface area contributed by atoms with Crippen LogP contribution in [0, 0.1) is 0 Å². The zero-order valence-corrected chi connectivity index (χ0v) is 12.6. The molecule has 8 heteroatoms. The minimum atomic E-state index is -0.302. The highest BCUT2D eigenvalue weighted by Crippen LogP contribution is 2.13. The summed E-state index contributed by atoms with van der Waals surface area (Å²) in [6, 6.07) is 7.12. The molecule has 1 aliphatic heterocycles. The molecule has 1 aliphatic rings. The van der Waals surface area contributed by atoms with Gasteiger partial charge in [0.15, 0.2) is 0 Å². The van der Waals surface area contributed by atoms with Crippen molar-refractivity contribution in [3.63, 3.8) is 0 Å². The normalized spacial score (nSPS) is 17.7. The van der Waals surface area contributed by atoms with Crippen LogP contribution in [0.2, 0.25) is 0 Å². The van der Waals surface area contributed by atoms with Crippen LogP contribution in [-0.4, -0.2) is 46.5 Å². The van der Waals surface area contributed by atoms with Gasteiger partial charge in [0, 0.05) is 32.0 Å². The molecule has 0 radical (unpaired) electrons. The Morgan fingerprint density at radius 2 is 2.26 bits per heavy atom. The highest BCUT2D eigenvalue weighted by Gasteiger charge is 2.26. The van der Waals surface area contributed by atoms with Crippen molar-refractivity contribution in [3.05, 3.63) is 42.4 Å². The molecule has 23 heavy (non-hydrogen) atoms. The van der Waals surface area contributed by atoms with Crippen LogP contribution in [0.25, 0.3) is 0 Å². The van der Waals surface area contributed by atoms with Crippen LogP contribution < -0.4 is 21.3 Å². The molecule has 0 bridgehead atoms. The van der Waals surface area contributed by atoms with Gasteiger partial charge in [-0.25, -0.2) is 4.98 Å². The Hall–Kier alpha value is -2.74. The number of rotatable bonds is 4. The summed E-state index contributed by atoms with van der Waals surface area (Å²) in [5, 5.41) is 6.12. The summed E-state index contributed by atoms with van der Waals surface area (Å²) >= 11 is 0. The third-order valence-corrected chi connectivity index (χ3v) is 3.65. The number of hydrogen-bond acceptors (Lipinski definition) is 7. The Balaban J connectivity index is 1.58. The summed E-state index contributed by atoms with van der Waals surface area (Å²) in [5.74, 6) is 0.918. The van der Waals surface area contributed by atoms with E-state index < -0.39 is 0 Å². The highest BCUT2D eigenvalue weighted by atomic mass is 16.2. The van der Waals surface area contributed by atoms with Gasteiger partial charge in [-0.3, -0.25) is 9.78 Å². The summed E-state index contributed by atoms with van der Waals surface area (Å²) in [6.07, 6.45) is 3.33. The second kappa shape index (κ2) is 7.01. The minimum Gasteiger partial charge on any atom is -0.368 e. The van der Waals surface area contributed by atoms with Crippen LogP contribution in [0.5, 0.6) is 0 Å². The van der Waals surface area contributed by atoms with Crippen molar-refractivity contribution < 1.29 is 4.79 Å². The number of carbonyl (C=O) groups excluding carboxylic acids is 1. The number of piperazine rings is 1. The number of aromatic nitrogens is 3. The Morgan fingerprint density at radius 3 is 3.04 bits per heavy atom. The Labute approximate surface area is 134 Å². The van der Waals surface area contributed by atoms with Crippen molar-refractivity contribution in [2.75, 3.05) is 30.3 Å². The summed E-state index contributed by atoms with van der Waals surface area (Å²) in [7, 11) is 0. The van der Waals surface area contributed by atoms with Gasteiger partial charge in [0.05, 0.1) is 12.2 Å². The first-order valence-electron chi connectivity index (χ1n) is 7.47. The average Bonchev–Trinajstić information content (AvgIpc) is 2.61. The number of pyridine rings is 1. The van der Waals surface area contributed by atoms with Crippen LogP contribution in [0.3, 0.4) is 0 Å². The zero-order valence-electron chi connectivity index (χ0n) is 12.6. The maximum absolute atomic E-state index is 12.3. The van der Waals surface area contributed by atoms with E-state index >= 15 is 0 Å². The van der Waals surface area contributed by atoms with Gasteiger partial charge in [0.25, 0.3) is 0 Å². The Bertz CT molecular complexity index is 664. The van der Waals surface area contributed by atoms with Crippen LogP contribution >= 0.6 is 0 Å². The first kappa shape index (κ1) is 15.2. The molecule has 2 aromatic heterocycles. The SMILES string of the molecule is Nc1nccc(N2CCN[C@@H](C(=O)NCc3ccccn3)C2)n1. The third kappa shape index (κ3) is 3.92. The van der Waals surface area contributed by atoms with E-state index in [0.29, 0.717) is 19.6 Å². The van der Waals surface area contributed by atoms with E-state index in [-0.39, 0.29) is 17.9 Å². The predicted octanol–water partition coefficient (Wildman–Crippen LogP) is -0.452. The number of carbonyl (C=O) groups is 1. The van der Waals surface area contributed by atoms with Crippen molar-refractivity contribution in [3.8, 4) is 0 Å². The van der Waals surface area contributed by atoms with Crippen molar-refractivity contribution in [1.82, 2.24) is 25.6 Å². The molecule has 0 aliphatic carbocycles. The molecule has 1 fully saturated rings. The summed E-state index contributed by atoms with van der Waals surface area (Å²) < 4.78 is 0. The van der Waals surface area contributed by atoms with Gasteiger partial charge in [-0.05, 0) is 18.2 Å². The lowest BCUT2D eigenvalue weighted by molar-refractivity contribution is -0.123. The summed E-state index contributed by atoms with van der Waals surface area (Å²) in [6.45, 7) is 2.41. The second-order valence-electron chi connectivity index (χ2n) is 5.26. The third-order valence-electron chi connectivity index (χ3n) is 3.65. The summed E-state index contributed by atoms with van der Waals surface area (Å²) in [4.78, 5) is 26.6. The van der Waals surface area contributed by atoms with Crippen LogP contribution in [0.1, 0.15) is 5.69 Å². The number of amides is 1. The Morgan fingerprint density at radius 1 is 1.35 bits per heavy atom. The smallest absolute Gasteiger partial charge is 0.239 e. The first-order valence-corrected chi connectivity index (χ1v) is 7.47. The first-order chi connectivity index (χ1) is 11.2. The summed E-state index contributed by atoms with van der Waals surface area (Å²) in [5.41, 5.74) is 6.45. The van der Waals surface area contributed by atoms with Crippen molar-refractivity contribution in [2.24, 2.45) is 0 Å². The predicted molar refractivity (Wildman–Crippen MR) is 86.5 cm³/mol. The number of nitrogens with zero attached hydrogens (tertiary/aromatic N) is 4. The molecule has 0 saturated carbocycles. The molecule has 120 valence electrons. The van der Waals surface area contributed by atoms with Gasteiger partial charge in [-0.15, -0.1) is 0 Å². The molecule has 0 aromatic carbocycles. The number of nitrogen functional groups attached to an aromatic ring is 1. The molecule has 3 rings (SSSR count).